The first-order valence-corrected chi connectivity index (χ1v) is 21.4. The van der Waals surface area contributed by atoms with E-state index in [2.05, 4.69) is 133 Å². The summed E-state index contributed by atoms with van der Waals surface area (Å²) in [6.45, 7) is 0. The molecule has 6 heteroatoms. The molecule has 2 aromatic heterocycles. The minimum Gasteiger partial charge on any atom is -0.456 e. The summed E-state index contributed by atoms with van der Waals surface area (Å²) in [7, 11) is 0. The lowest BCUT2D eigenvalue weighted by atomic mass is 9.68. The first kappa shape index (κ1) is 36.1. The lowest BCUT2D eigenvalue weighted by Crippen LogP contribution is -2.28. The standard InChI is InChI=1S/C58H35N3O3/c1-4-16-36(17-5-1)55-59-56(38-28-30-43-42-23-13-15-27-48(42)62-51(43)35-38)61-57(60-55)44-24-11-10-22-41(44)37-29-32-49-52(34-37)63-50-33-31-47-53(54(50)64-49)45-25-12-14-26-46(45)58(47,39-18-6-2-7-19-39)40-20-8-3-9-21-40/h1-35H. The van der Waals surface area contributed by atoms with E-state index in [4.69, 9.17) is 28.8 Å². The predicted octanol–water partition coefficient (Wildman–Crippen LogP) is 14.7. The van der Waals surface area contributed by atoms with Crippen molar-refractivity contribution in [2.45, 2.75) is 5.41 Å². The van der Waals surface area contributed by atoms with Crippen LogP contribution >= 0.6 is 0 Å². The maximum Gasteiger partial charge on any atom is 0.178 e. The predicted molar refractivity (Wildman–Crippen MR) is 253 cm³/mol. The fourth-order valence-corrected chi connectivity index (χ4v) is 9.87. The first-order valence-electron chi connectivity index (χ1n) is 21.4. The number of ether oxygens (including phenoxy) is 2. The average molecular weight is 822 g/mol. The molecule has 3 heterocycles. The van der Waals surface area contributed by atoms with Gasteiger partial charge in [0.1, 0.15) is 11.2 Å². The van der Waals surface area contributed by atoms with Crippen molar-refractivity contribution in [3.63, 3.8) is 0 Å². The van der Waals surface area contributed by atoms with Crippen molar-refractivity contribution in [2.75, 3.05) is 0 Å². The molecule has 300 valence electrons. The number of rotatable bonds is 6. The second-order valence-corrected chi connectivity index (χ2v) is 16.2. The van der Waals surface area contributed by atoms with Crippen molar-refractivity contribution in [2.24, 2.45) is 0 Å². The number of fused-ring (bicyclic) bond motifs is 9. The third-order valence-corrected chi connectivity index (χ3v) is 12.7. The van der Waals surface area contributed by atoms with Crippen LogP contribution in [0.2, 0.25) is 0 Å². The van der Waals surface area contributed by atoms with Crippen molar-refractivity contribution in [1.29, 1.82) is 0 Å². The van der Waals surface area contributed by atoms with E-state index in [9.17, 15) is 0 Å². The monoisotopic (exact) mass is 821 g/mol. The Bertz CT molecular complexity index is 3580. The molecule has 64 heavy (non-hydrogen) atoms. The Hall–Kier alpha value is -8.61. The zero-order chi connectivity index (χ0) is 42.2. The summed E-state index contributed by atoms with van der Waals surface area (Å²) in [5, 5.41) is 2.12. The molecule has 0 atom stereocenters. The third kappa shape index (κ3) is 5.49. The normalized spacial score (nSPS) is 13.1. The van der Waals surface area contributed by atoms with Crippen molar-refractivity contribution in [3.05, 3.63) is 235 Å². The number of hydrogen-bond acceptors (Lipinski definition) is 6. The van der Waals surface area contributed by atoms with Gasteiger partial charge in [-0.1, -0.05) is 176 Å². The van der Waals surface area contributed by atoms with Gasteiger partial charge >= 0.3 is 0 Å². The van der Waals surface area contributed by atoms with Gasteiger partial charge < -0.3 is 13.9 Å². The number of aromatic nitrogens is 3. The lowest BCUT2D eigenvalue weighted by Gasteiger charge is -2.34. The van der Waals surface area contributed by atoms with Gasteiger partial charge in [-0.3, -0.25) is 0 Å². The van der Waals surface area contributed by atoms with Crippen LogP contribution in [0, 0.1) is 0 Å². The topological polar surface area (TPSA) is 70.3 Å². The molecule has 9 aromatic carbocycles. The molecule has 0 radical (unpaired) electrons. The van der Waals surface area contributed by atoms with E-state index < -0.39 is 5.41 Å². The fourth-order valence-electron chi connectivity index (χ4n) is 9.87. The van der Waals surface area contributed by atoms with Crippen molar-refractivity contribution < 1.29 is 13.9 Å². The molecule has 2 aliphatic rings. The number of nitrogens with zero attached hydrogens (tertiary/aromatic N) is 3. The molecule has 0 fully saturated rings. The molecule has 0 spiro atoms. The van der Waals surface area contributed by atoms with Gasteiger partial charge in [-0.2, -0.15) is 0 Å². The number of benzene rings is 9. The number of hydrogen-bond donors (Lipinski definition) is 0. The van der Waals surface area contributed by atoms with E-state index in [1.54, 1.807) is 0 Å². The Balaban J connectivity index is 0.914. The Morgan fingerprint density at radius 2 is 0.938 bits per heavy atom. The van der Waals surface area contributed by atoms with E-state index in [0.29, 0.717) is 40.5 Å². The van der Waals surface area contributed by atoms with Gasteiger partial charge in [0.15, 0.2) is 40.5 Å². The Labute approximate surface area is 368 Å². The van der Waals surface area contributed by atoms with Gasteiger partial charge in [0, 0.05) is 33.0 Å². The van der Waals surface area contributed by atoms with Crippen LogP contribution in [0.3, 0.4) is 0 Å². The van der Waals surface area contributed by atoms with Crippen LogP contribution in [-0.4, -0.2) is 15.0 Å². The van der Waals surface area contributed by atoms with Crippen molar-refractivity contribution >= 4 is 21.9 Å². The molecule has 1 aliphatic carbocycles. The van der Waals surface area contributed by atoms with Gasteiger partial charge in [0.05, 0.1) is 5.41 Å². The summed E-state index contributed by atoms with van der Waals surface area (Å²) in [5.41, 5.74) is 12.5. The minimum absolute atomic E-state index is 0.546. The minimum atomic E-state index is -0.546. The molecule has 6 nitrogen and oxygen atoms in total. The van der Waals surface area contributed by atoms with Gasteiger partial charge in [-0.05, 0) is 75.3 Å². The summed E-state index contributed by atoms with van der Waals surface area (Å²) >= 11 is 0. The molecule has 0 N–H and O–H groups in total. The van der Waals surface area contributed by atoms with Gasteiger partial charge in [0.25, 0.3) is 0 Å². The Morgan fingerprint density at radius 3 is 1.72 bits per heavy atom. The summed E-state index contributed by atoms with van der Waals surface area (Å²) in [4.78, 5) is 15.3. The van der Waals surface area contributed by atoms with Gasteiger partial charge in [-0.25, -0.2) is 15.0 Å². The molecule has 0 unspecified atom stereocenters. The van der Waals surface area contributed by atoms with Crippen molar-refractivity contribution in [1.82, 2.24) is 15.0 Å². The lowest BCUT2D eigenvalue weighted by molar-refractivity contribution is 0.360. The highest BCUT2D eigenvalue weighted by Gasteiger charge is 2.48. The smallest absolute Gasteiger partial charge is 0.178 e. The second kappa shape index (κ2) is 14.2. The summed E-state index contributed by atoms with van der Waals surface area (Å²) in [5.74, 6) is 4.34. The largest absolute Gasteiger partial charge is 0.456 e. The van der Waals surface area contributed by atoms with Crippen LogP contribution in [0.5, 0.6) is 23.0 Å². The van der Waals surface area contributed by atoms with Crippen molar-refractivity contribution in [3.8, 4) is 79.4 Å². The highest BCUT2D eigenvalue weighted by molar-refractivity contribution is 6.05. The first-order chi connectivity index (χ1) is 31.7. The van der Waals surface area contributed by atoms with Crippen LogP contribution in [-0.2, 0) is 5.41 Å². The highest BCUT2D eigenvalue weighted by Crippen LogP contribution is 2.62. The van der Waals surface area contributed by atoms with Crippen LogP contribution < -0.4 is 9.47 Å². The van der Waals surface area contributed by atoms with E-state index in [-0.39, 0.29) is 0 Å². The molecular weight excluding hydrogens is 787 g/mol. The van der Waals surface area contributed by atoms with Crippen LogP contribution in [0.15, 0.2) is 217 Å². The summed E-state index contributed by atoms with van der Waals surface area (Å²) in [6.07, 6.45) is 0. The third-order valence-electron chi connectivity index (χ3n) is 12.7. The molecule has 11 aromatic rings. The van der Waals surface area contributed by atoms with E-state index in [1.807, 2.05) is 78.9 Å². The Morgan fingerprint density at radius 1 is 0.344 bits per heavy atom. The average Bonchev–Trinajstić information content (AvgIpc) is 3.90. The maximum atomic E-state index is 6.96. The van der Waals surface area contributed by atoms with Gasteiger partial charge in [-0.15, -0.1) is 0 Å². The van der Waals surface area contributed by atoms with Crippen LogP contribution in [0.25, 0.3) is 78.4 Å². The van der Waals surface area contributed by atoms with Crippen LogP contribution in [0.4, 0.5) is 0 Å². The zero-order valence-corrected chi connectivity index (χ0v) is 34.3. The second-order valence-electron chi connectivity index (χ2n) is 16.2. The Kier molecular flexibility index (Phi) is 8.02. The zero-order valence-electron chi connectivity index (χ0n) is 34.3. The molecule has 0 saturated carbocycles. The maximum absolute atomic E-state index is 6.96. The quantitative estimate of drug-likeness (QED) is 0.166. The molecule has 13 rings (SSSR count). The van der Waals surface area contributed by atoms with E-state index in [0.717, 1.165) is 66.4 Å². The molecular formula is C58H35N3O3. The number of furan rings is 1. The van der Waals surface area contributed by atoms with Crippen LogP contribution in [0.1, 0.15) is 22.3 Å². The van der Waals surface area contributed by atoms with Gasteiger partial charge in [0.2, 0.25) is 0 Å². The SMILES string of the molecule is c1ccc(-c2nc(-c3ccc4c(c3)oc3ccccc34)nc(-c3ccccc3-c3ccc4c(c3)Oc3ccc5c(c3O4)-c3ccccc3C5(c3ccccc3)c3ccccc3)n2)cc1. The summed E-state index contributed by atoms with van der Waals surface area (Å²) < 4.78 is 20.1. The molecule has 0 amide bonds. The summed E-state index contributed by atoms with van der Waals surface area (Å²) in [6, 6.07) is 73.1. The number of para-hydroxylation sites is 1. The van der Waals surface area contributed by atoms with E-state index in [1.165, 1.54) is 16.7 Å². The fraction of sp³-hybridized carbons (Fsp3) is 0.0172. The van der Waals surface area contributed by atoms with E-state index >= 15 is 0 Å². The highest BCUT2D eigenvalue weighted by atomic mass is 16.6. The molecule has 0 saturated heterocycles. The molecule has 0 bridgehead atoms. The molecule has 1 aliphatic heterocycles.